The molecular weight excluding hydrogens is 260 g/mol. The van der Waals surface area contributed by atoms with E-state index in [1.165, 1.54) is 16.3 Å². The Bertz CT molecular complexity index is 629. The van der Waals surface area contributed by atoms with Crippen LogP contribution in [-0.2, 0) is 11.2 Å². The average Bonchev–Trinajstić information content (AvgIpc) is 2.45. The largest absolute Gasteiger partial charge is 0.356 e. The molecule has 2 aromatic rings. The van der Waals surface area contributed by atoms with Crippen molar-refractivity contribution in [3.63, 3.8) is 0 Å². The summed E-state index contributed by atoms with van der Waals surface area (Å²) in [5, 5.41) is 8.84. The molecule has 110 valence electrons. The predicted octanol–water partition coefficient (Wildman–Crippen LogP) is 2.35. The summed E-state index contributed by atoms with van der Waals surface area (Å²) in [5.74, 6) is 0.794. The van der Waals surface area contributed by atoms with E-state index in [0.29, 0.717) is 12.5 Å². The first-order valence-corrected chi connectivity index (χ1v) is 7.71. The Morgan fingerprint density at radius 2 is 2.00 bits per heavy atom. The Morgan fingerprint density at radius 1 is 1.24 bits per heavy atom. The van der Waals surface area contributed by atoms with Gasteiger partial charge in [-0.3, -0.25) is 4.79 Å². The predicted molar refractivity (Wildman–Crippen MR) is 86.2 cm³/mol. The lowest BCUT2D eigenvalue weighted by Crippen LogP contribution is -2.49. The van der Waals surface area contributed by atoms with E-state index in [9.17, 15) is 4.79 Å². The molecule has 21 heavy (non-hydrogen) atoms. The Hall–Kier alpha value is -1.87. The number of hydrogen-bond donors (Lipinski definition) is 2. The highest BCUT2D eigenvalue weighted by Gasteiger charge is 2.28. The summed E-state index contributed by atoms with van der Waals surface area (Å²) in [4.78, 5) is 12.1. The third-order valence-corrected chi connectivity index (χ3v) is 4.51. The summed E-state index contributed by atoms with van der Waals surface area (Å²) in [5.41, 5.74) is 1.30. The van der Waals surface area contributed by atoms with Gasteiger partial charge in [0.2, 0.25) is 5.91 Å². The lowest BCUT2D eigenvalue weighted by molar-refractivity contribution is -0.126. The van der Waals surface area contributed by atoms with Crippen LogP contribution in [0, 0.1) is 11.8 Å². The molecule has 1 atom stereocenters. The first-order valence-electron chi connectivity index (χ1n) is 7.71. The fourth-order valence-corrected chi connectivity index (χ4v) is 2.87. The number of hydrogen-bond acceptors (Lipinski definition) is 2. The standard InChI is InChI=1S/C18H22N2O/c1-13(16-11-19-12-16)18(21)20-10-9-15-7-4-6-14-5-2-3-8-17(14)15/h2-8,13,16,19H,9-12H2,1H3,(H,20,21). The van der Waals surface area contributed by atoms with Crippen LogP contribution in [0.1, 0.15) is 12.5 Å². The third kappa shape index (κ3) is 3.08. The number of amides is 1. The van der Waals surface area contributed by atoms with Crippen LogP contribution in [0.25, 0.3) is 10.8 Å². The van der Waals surface area contributed by atoms with Gasteiger partial charge in [-0.05, 0) is 41.8 Å². The van der Waals surface area contributed by atoms with Gasteiger partial charge in [-0.25, -0.2) is 0 Å². The molecule has 3 heteroatoms. The van der Waals surface area contributed by atoms with Gasteiger partial charge < -0.3 is 10.6 Å². The second-order valence-electron chi connectivity index (χ2n) is 5.89. The zero-order valence-corrected chi connectivity index (χ0v) is 12.4. The highest BCUT2D eigenvalue weighted by Crippen LogP contribution is 2.19. The maximum absolute atomic E-state index is 12.1. The van der Waals surface area contributed by atoms with Crippen molar-refractivity contribution in [2.45, 2.75) is 13.3 Å². The SMILES string of the molecule is CC(C(=O)NCCc1cccc2ccccc12)C1CNC1. The van der Waals surface area contributed by atoms with Crippen LogP contribution in [-0.4, -0.2) is 25.5 Å². The number of benzene rings is 2. The second kappa shape index (κ2) is 6.27. The molecule has 1 saturated heterocycles. The zero-order chi connectivity index (χ0) is 14.7. The zero-order valence-electron chi connectivity index (χ0n) is 12.4. The van der Waals surface area contributed by atoms with Gasteiger partial charge in [-0.15, -0.1) is 0 Å². The number of nitrogens with one attached hydrogen (secondary N) is 2. The number of carbonyl (C=O) groups is 1. The molecule has 3 rings (SSSR count). The van der Waals surface area contributed by atoms with E-state index >= 15 is 0 Å². The maximum atomic E-state index is 12.1. The van der Waals surface area contributed by atoms with E-state index in [4.69, 9.17) is 0 Å². The molecule has 2 N–H and O–H groups in total. The molecule has 1 heterocycles. The number of carbonyl (C=O) groups excluding carboxylic acids is 1. The van der Waals surface area contributed by atoms with Crippen molar-refractivity contribution >= 4 is 16.7 Å². The molecule has 1 unspecified atom stereocenters. The summed E-state index contributed by atoms with van der Waals surface area (Å²) in [6.07, 6.45) is 0.878. The minimum atomic E-state index is 0.110. The maximum Gasteiger partial charge on any atom is 0.223 e. The molecule has 0 spiro atoms. The summed E-state index contributed by atoms with van der Waals surface area (Å²) in [7, 11) is 0. The lowest BCUT2D eigenvalue weighted by atomic mass is 9.88. The third-order valence-electron chi connectivity index (χ3n) is 4.51. The summed E-state index contributed by atoms with van der Waals surface area (Å²) in [6, 6.07) is 14.8. The first-order chi connectivity index (χ1) is 10.3. The molecule has 1 aliphatic heterocycles. The smallest absolute Gasteiger partial charge is 0.223 e. The summed E-state index contributed by atoms with van der Waals surface area (Å²) in [6.45, 7) is 4.67. The van der Waals surface area contributed by atoms with Crippen molar-refractivity contribution < 1.29 is 4.79 Å². The molecule has 1 aliphatic rings. The van der Waals surface area contributed by atoms with Crippen molar-refractivity contribution in [2.24, 2.45) is 11.8 Å². The van der Waals surface area contributed by atoms with Crippen LogP contribution in [0.2, 0.25) is 0 Å². The van der Waals surface area contributed by atoms with Gasteiger partial charge >= 0.3 is 0 Å². The van der Waals surface area contributed by atoms with Gasteiger partial charge in [-0.1, -0.05) is 49.4 Å². The molecule has 2 aromatic carbocycles. The number of rotatable bonds is 5. The molecule has 0 radical (unpaired) electrons. The Kier molecular flexibility index (Phi) is 4.20. The van der Waals surface area contributed by atoms with Gasteiger partial charge in [0, 0.05) is 12.5 Å². The van der Waals surface area contributed by atoms with Crippen LogP contribution in [0.5, 0.6) is 0 Å². The van der Waals surface area contributed by atoms with Crippen molar-refractivity contribution in [3.8, 4) is 0 Å². The van der Waals surface area contributed by atoms with Crippen LogP contribution < -0.4 is 10.6 Å². The Balaban J connectivity index is 1.58. The van der Waals surface area contributed by atoms with E-state index in [1.807, 2.05) is 6.92 Å². The van der Waals surface area contributed by atoms with Gasteiger partial charge in [-0.2, -0.15) is 0 Å². The van der Waals surface area contributed by atoms with Crippen LogP contribution in [0.4, 0.5) is 0 Å². The molecule has 0 aromatic heterocycles. The highest BCUT2D eigenvalue weighted by atomic mass is 16.1. The fourth-order valence-electron chi connectivity index (χ4n) is 2.87. The van der Waals surface area contributed by atoms with E-state index in [1.54, 1.807) is 0 Å². The minimum absolute atomic E-state index is 0.110. The van der Waals surface area contributed by atoms with Gasteiger partial charge in [0.15, 0.2) is 0 Å². The van der Waals surface area contributed by atoms with E-state index < -0.39 is 0 Å². The van der Waals surface area contributed by atoms with Crippen molar-refractivity contribution in [3.05, 3.63) is 48.0 Å². The van der Waals surface area contributed by atoms with Crippen molar-refractivity contribution in [2.75, 3.05) is 19.6 Å². The van der Waals surface area contributed by atoms with Gasteiger partial charge in [0.1, 0.15) is 0 Å². The molecule has 0 saturated carbocycles. The normalized spacial score (nSPS) is 16.4. The molecular formula is C18H22N2O. The second-order valence-corrected chi connectivity index (χ2v) is 5.89. The minimum Gasteiger partial charge on any atom is -0.356 e. The Morgan fingerprint density at radius 3 is 2.76 bits per heavy atom. The van der Waals surface area contributed by atoms with E-state index in [2.05, 4.69) is 53.1 Å². The monoisotopic (exact) mass is 282 g/mol. The quantitative estimate of drug-likeness (QED) is 0.884. The van der Waals surface area contributed by atoms with E-state index in [-0.39, 0.29) is 11.8 Å². The molecule has 3 nitrogen and oxygen atoms in total. The highest BCUT2D eigenvalue weighted by molar-refractivity contribution is 5.85. The van der Waals surface area contributed by atoms with Crippen molar-refractivity contribution in [1.82, 2.24) is 10.6 Å². The molecule has 1 amide bonds. The number of fused-ring (bicyclic) bond motifs is 1. The van der Waals surface area contributed by atoms with Gasteiger partial charge in [0.05, 0.1) is 0 Å². The van der Waals surface area contributed by atoms with E-state index in [0.717, 1.165) is 19.5 Å². The first kappa shape index (κ1) is 14.1. The molecule has 0 aliphatic carbocycles. The fraction of sp³-hybridized carbons (Fsp3) is 0.389. The summed E-state index contributed by atoms with van der Waals surface area (Å²) >= 11 is 0. The topological polar surface area (TPSA) is 41.1 Å². The summed E-state index contributed by atoms with van der Waals surface area (Å²) < 4.78 is 0. The molecule has 0 bridgehead atoms. The van der Waals surface area contributed by atoms with Crippen LogP contribution >= 0.6 is 0 Å². The Labute approximate surface area is 125 Å². The van der Waals surface area contributed by atoms with Crippen molar-refractivity contribution in [1.29, 1.82) is 0 Å². The lowest BCUT2D eigenvalue weighted by Gasteiger charge is -2.31. The van der Waals surface area contributed by atoms with Crippen LogP contribution in [0.15, 0.2) is 42.5 Å². The average molecular weight is 282 g/mol. The molecule has 1 fully saturated rings. The van der Waals surface area contributed by atoms with Gasteiger partial charge in [0.25, 0.3) is 0 Å². The van der Waals surface area contributed by atoms with Crippen LogP contribution in [0.3, 0.4) is 0 Å².